The van der Waals surface area contributed by atoms with Crippen LogP contribution in [0.25, 0.3) is 0 Å². The first-order valence-electron chi connectivity index (χ1n) is 5.17. The Morgan fingerprint density at radius 1 is 1.00 bits per heavy atom. The summed E-state index contributed by atoms with van der Waals surface area (Å²) < 4.78 is 0. The quantitative estimate of drug-likeness (QED) is 0.595. The first-order chi connectivity index (χ1) is 8.18. The second kappa shape index (κ2) is 5.48. The number of Topliss-reactive ketones (excluding diaryl/α,β-unsaturated/α-hetero) is 1. The molecule has 0 radical (unpaired) electrons. The number of carbonyl (C=O) groups excluding carboxylic acids is 1. The maximum absolute atomic E-state index is 12.2. The zero-order valence-electron chi connectivity index (χ0n) is 8.94. The van der Waals surface area contributed by atoms with Crippen molar-refractivity contribution in [1.29, 1.82) is 0 Å². The van der Waals surface area contributed by atoms with Gasteiger partial charge < -0.3 is 0 Å². The van der Waals surface area contributed by atoms with E-state index in [9.17, 15) is 4.79 Å². The van der Waals surface area contributed by atoms with Crippen LogP contribution in [0.5, 0.6) is 0 Å². The van der Waals surface area contributed by atoms with Crippen molar-refractivity contribution in [1.82, 2.24) is 0 Å². The van der Waals surface area contributed by atoms with Gasteiger partial charge in [-0.05, 0) is 29.8 Å². The molecule has 86 valence electrons. The van der Waals surface area contributed by atoms with Crippen molar-refractivity contribution in [3.05, 3.63) is 70.7 Å². The van der Waals surface area contributed by atoms with Gasteiger partial charge in [-0.25, -0.2) is 0 Å². The molecule has 0 heterocycles. The van der Waals surface area contributed by atoms with Crippen LogP contribution in [0.4, 0.5) is 0 Å². The molecule has 0 spiro atoms. The van der Waals surface area contributed by atoms with E-state index < -0.39 is 0 Å². The van der Waals surface area contributed by atoms with E-state index in [1.165, 1.54) is 0 Å². The molecule has 0 fully saturated rings. The molecule has 0 bridgehead atoms. The van der Waals surface area contributed by atoms with Crippen LogP contribution in [0, 0.1) is 0 Å². The second-order valence-corrected chi connectivity index (χ2v) is 5.00. The van der Waals surface area contributed by atoms with Gasteiger partial charge in [0.25, 0.3) is 0 Å². The van der Waals surface area contributed by atoms with Crippen molar-refractivity contribution in [3.63, 3.8) is 0 Å². The number of halogens is 2. The monoisotopic (exact) mass is 308 g/mol. The Labute approximate surface area is 114 Å². The average Bonchev–Trinajstić information content (AvgIpc) is 2.39. The lowest BCUT2D eigenvalue weighted by atomic mass is 10.0. The van der Waals surface area contributed by atoms with Gasteiger partial charge in [-0.2, -0.15) is 0 Å². The van der Waals surface area contributed by atoms with Crippen molar-refractivity contribution < 1.29 is 4.79 Å². The summed E-state index contributed by atoms with van der Waals surface area (Å²) in [7, 11) is 0. The highest BCUT2D eigenvalue weighted by Gasteiger charge is 2.18. The standard InChI is InChI=1S/C14H10BrClO/c15-13(10-4-2-1-3-5-10)14(17)11-6-8-12(16)9-7-11/h1-9,13H. The van der Waals surface area contributed by atoms with E-state index in [0.717, 1.165) is 5.56 Å². The molecule has 1 unspecified atom stereocenters. The first kappa shape index (κ1) is 12.3. The van der Waals surface area contributed by atoms with E-state index in [-0.39, 0.29) is 10.6 Å². The zero-order chi connectivity index (χ0) is 12.3. The molecule has 0 aliphatic heterocycles. The second-order valence-electron chi connectivity index (χ2n) is 3.64. The van der Waals surface area contributed by atoms with Gasteiger partial charge in [0.05, 0.1) is 0 Å². The summed E-state index contributed by atoms with van der Waals surface area (Å²) in [5.74, 6) is 0.0351. The molecular weight excluding hydrogens is 300 g/mol. The Bertz CT molecular complexity index is 508. The Kier molecular flexibility index (Phi) is 3.97. The molecule has 0 aromatic heterocycles. The highest BCUT2D eigenvalue weighted by atomic mass is 79.9. The molecule has 0 aliphatic rings. The SMILES string of the molecule is O=C(c1ccc(Cl)cc1)C(Br)c1ccccc1. The van der Waals surface area contributed by atoms with E-state index >= 15 is 0 Å². The molecule has 1 nitrogen and oxygen atoms in total. The minimum atomic E-state index is -0.315. The third kappa shape index (κ3) is 2.96. The molecular formula is C14H10BrClO. The summed E-state index contributed by atoms with van der Waals surface area (Å²) in [6.45, 7) is 0. The number of carbonyl (C=O) groups is 1. The van der Waals surface area contributed by atoms with Crippen LogP contribution >= 0.6 is 27.5 Å². The Hall–Kier alpha value is -1.12. The summed E-state index contributed by atoms with van der Waals surface area (Å²) >= 11 is 9.21. The lowest BCUT2D eigenvalue weighted by Crippen LogP contribution is -2.06. The van der Waals surface area contributed by atoms with Gasteiger partial charge in [-0.15, -0.1) is 0 Å². The number of hydrogen-bond acceptors (Lipinski definition) is 1. The number of benzene rings is 2. The number of ketones is 1. The highest BCUT2D eigenvalue weighted by molar-refractivity contribution is 9.09. The summed E-state index contributed by atoms with van der Waals surface area (Å²) in [4.78, 5) is 11.9. The van der Waals surface area contributed by atoms with Crippen molar-refractivity contribution in [3.8, 4) is 0 Å². The van der Waals surface area contributed by atoms with Crippen molar-refractivity contribution in [2.75, 3.05) is 0 Å². The maximum atomic E-state index is 12.2. The van der Waals surface area contributed by atoms with Gasteiger partial charge in [-0.1, -0.05) is 57.9 Å². The lowest BCUT2D eigenvalue weighted by Gasteiger charge is -2.09. The van der Waals surface area contributed by atoms with Gasteiger partial charge in [0.1, 0.15) is 4.83 Å². The molecule has 2 rings (SSSR count). The fourth-order valence-corrected chi connectivity index (χ4v) is 2.23. The van der Waals surface area contributed by atoms with Crippen molar-refractivity contribution in [2.45, 2.75) is 4.83 Å². The van der Waals surface area contributed by atoms with E-state index in [4.69, 9.17) is 11.6 Å². The number of alkyl halides is 1. The Balaban J connectivity index is 2.23. The lowest BCUT2D eigenvalue weighted by molar-refractivity contribution is 0.0991. The van der Waals surface area contributed by atoms with E-state index in [1.807, 2.05) is 30.3 Å². The first-order valence-corrected chi connectivity index (χ1v) is 6.46. The largest absolute Gasteiger partial charge is 0.293 e. The minimum absolute atomic E-state index is 0.0351. The van der Waals surface area contributed by atoms with Crippen LogP contribution in [0.2, 0.25) is 5.02 Å². The molecule has 3 heteroatoms. The van der Waals surface area contributed by atoms with Crippen LogP contribution in [0.1, 0.15) is 20.7 Å². The van der Waals surface area contributed by atoms with Gasteiger partial charge in [0.15, 0.2) is 5.78 Å². The predicted octanol–water partition coefficient (Wildman–Crippen LogP) is 4.66. The van der Waals surface area contributed by atoms with Crippen LogP contribution in [0.15, 0.2) is 54.6 Å². The summed E-state index contributed by atoms with van der Waals surface area (Å²) in [6.07, 6.45) is 0. The molecule has 1 atom stereocenters. The average molecular weight is 310 g/mol. The van der Waals surface area contributed by atoms with E-state index in [1.54, 1.807) is 24.3 Å². The molecule has 0 amide bonds. The van der Waals surface area contributed by atoms with Gasteiger partial charge in [0, 0.05) is 10.6 Å². The Morgan fingerprint density at radius 2 is 1.59 bits per heavy atom. The van der Waals surface area contributed by atoms with Crippen molar-refractivity contribution in [2.24, 2.45) is 0 Å². The van der Waals surface area contributed by atoms with Crippen LogP contribution in [-0.2, 0) is 0 Å². The Morgan fingerprint density at radius 3 is 2.18 bits per heavy atom. The molecule has 0 saturated carbocycles. The summed E-state index contributed by atoms with van der Waals surface area (Å²) in [6, 6.07) is 16.5. The molecule has 2 aromatic rings. The third-order valence-corrected chi connectivity index (χ3v) is 3.65. The number of hydrogen-bond donors (Lipinski definition) is 0. The topological polar surface area (TPSA) is 17.1 Å². The van der Waals surface area contributed by atoms with Gasteiger partial charge >= 0.3 is 0 Å². The molecule has 0 aliphatic carbocycles. The van der Waals surface area contributed by atoms with E-state index in [2.05, 4.69) is 15.9 Å². The number of rotatable bonds is 3. The van der Waals surface area contributed by atoms with Gasteiger partial charge in [0.2, 0.25) is 0 Å². The third-order valence-electron chi connectivity index (χ3n) is 2.45. The molecule has 2 aromatic carbocycles. The highest BCUT2D eigenvalue weighted by Crippen LogP contribution is 2.27. The molecule has 0 N–H and O–H groups in total. The zero-order valence-corrected chi connectivity index (χ0v) is 11.3. The fourth-order valence-electron chi connectivity index (χ4n) is 1.53. The molecule has 0 saturated heterocycles. The predicted molar refractivity (Wildman–Crippen MR) is 73.9 cm³/mol. The maximum Gasteiger partial charge on any atom is 0.180 e. The van der Waals surface area contributed by atoms with Crippen LogP contribution < -0.4 is 0 Å². The minimum Gasteiger partial charge on any atom is -0.293 e. The normalized spacial score (nSPS) is 12.1. The van der Waals surface area contributed by atoms with Crippen LogP contribution in [0.3, 0.4) is 0 Å². The van der Waals surface area contributed by atoms with Crippen LogP contribution in [-0.4, -0.2) is 5.78 Å². The summed E-state index contributed by atoms with van der Waals surface area (Å²) in [5, 5.41) is 0.632. The summed E-state index contributed by atoms with van der Waals surface area (Å²) in [5.41, 5.74) is 1.60. The fraction of sp³-hybridized carbons (Fsp3) is 0.0714. The van der Waals surface area contributed by atoms with Gasteiger partial charge in [-0.3, -0.25) is 4.79 Å². The smallest absolute Gasteiger partial charge is 0.180 e. The van der Waals surface area contributed by atoms with E-state index in [0.29, 0.717) is 10.6 Å². The molecule has 17 heavy (non-hydrogen) atoms. The van der Waals surface area contributed by atoms with Crippen molar-refractivity contribution >= 4 is 33.3 Å².